The molecule has 1 saturated heterocycles. The molecule has 1 fully saturated rings. The van der Waals surface area contributed by atoms with Crippen molar-refractivity contribution in [2.75, 3.05) is 13.2 Å². The molecule has 0 saturated carbocycles. The number of nitrogens with one attached hydrogen (secondary N) is 1. The highest BCUT2D eigenvalue weighted by Gasteiger charge is 2.44. The SMILES string of the molecule is CCCCCCCCCCCCCC=CC(O)C(COC1OC(CO)C(O)C(O)C1O)NC(=O)C(O)CCCCCCCCCCCCCCCCCCCCC. The van der Waals surface area contributed by atoms with Gasteiger partial charge in [-0.05, 0) is 19.3 Å². The number of ether oxygens (including phenoxy) is 2. The average Bonchev–Trinajstić information content (AvgIpc) is 3.21. The lowest BCUT2D eigenvalue weighted by atomic mass is 9.99. The summed E-state index contributed by atoms with van der Waals surface area (Å²) in [6.07, 6.45) is 33.0. The first-order valence-electron chi connectivity index (χ1n) is 24.0. The van der Waals surface area contributed by atoms with Gasteiger partial charge in [0, 0.05) is 0 Å². The Labute approximate surface area is 349 Å². The largest absolute Gasteiger partial charge is 0.394 e. The number of aliphatic hydroxyl groups excluding tert-OH is 6. The number of aliphatic hydroxyl groups is 6. The molecular formula is C47H91NO9. The summed E-state index contributed by atoms with van der Waals surface area (Å²) in [4.78, 5) is 13.0. The molecule has 1 rings (SSSR count). The van der Waals surface area contributed by atoms with Gasteiger partial charge in [-0.3, -0.25) is 4.79 Å². The first-order valence-corrected chi connectivity index (χ1v) is 24.0. The van der Waals surface area contributed by atoms with E-state index in [1.807, 2.05) is 6.08 Å². The first-order chi connectivity index (χ1) is 27.8. The fraction of sp³-hybridized carbons (Fsp3) is 0.936. The molecule has 1 aliphatic rings. The molecular weight excluding hydrogens is 723 g/mol. The van der Waals surface area contributed by atoms with E-state index < -0.39 is 61.5 Å². The van der Waals surface area contributed by atoms with Gasteiger partial charge in [-0.25, -0.2) is 0 Å². The Morgan fingerprint density at radius 3 is 1.42 bits per heavy atom. The van der Waals surface area contributed by atoms with Crippen LogP contribution in [0.2, 0.25) is 0 Å². The zero-order chi connectivity index (χ0) is 41.8. The van der Waals surface area contributed by atoms with E-state index in [1.165, 1.54) is 154 Å². The van der Waals surface area contributed by atoms with Crippen molar-refractivity contribution in [1.29, 1.82) is 0 Å². The van der Waals surface area contributed by atoms with Crippen molar-refractivity contribution in [2.45, 2.75) is 268 Å². The van der Waals surface area contributed by atoms with Crippen molar-refractivity contribution in [2.24, 2.45) is 0 Å². The maximum atomic E-state index is 13.0. The van der Waals surface area contributed by atoms with Gasteiger partial charge in [-0.15, -0.1) is 0 Å². The number of allylic oxidation sites excluding steroid dienone is 1. The van der Waals surface area contributed by atoms with Crippen LogP contribution in [0.5, 0.6) is 0 Å². The van der Waals surface area contributed by atoms with E-state index in [1.54, 1.807) is 6.08 Å². The van der Waals surface area contributed by atoms with Crippen LogP contribution in [0.1, 0.15) is 219 Å². The van der Waals surface area contributed by atoms with E-state index in [4.69, 9.17) is 9.47 Å². The molecule has 0 aromatic rings. The highest BCUT2D eigenvalue weighted by Crippen LogP contribution is 2.23. The molecule has 0 aromatic heterocycles. The number of carbonyl (C=O) groups excluding carboxylic acids is 1. The van der Waals surface area contributed by atoms with E-state index in [2.05, 4.69) is 19.2 Å². The van der Waals surface area contributed by atoms with Crippen LogP contribution in [-0.4, -0.2) is 98.7 Å². The summed E-state index contributed by atoms with van der Waals surface area (Å²) >= 11 is 0. The number of carbonyl (C=O) groups is 1. The zero-order valence-electron chi connectivity index (χ0n) is 36.7. The Kier molecular flexibility index (Phi) is 35.8. The minimum atomic E-state index is -1.61. The second-order valence-corrected chi connectivity index (χ2v) is 17.1. The number of rotatable bonds is 40. The van der Waals surface area contributed by atoms with Gasteiger partial charge in [0.2, 0.25) is 5.91 Å². The maximum Gasteiger partial charge on any atom is 0.249 e. The van der Waals surface area contributed by atoms with Gasteiger partial charge in [-0.1, -0.05) is 212 Å². The Morgan fingerprint density at radius 2 is 1.00 bits per heavy atom. The van der Waals surface area contributed by atoms with Gasteiger partial charge in [-0.2, -0.15) is 0 Å². The Balaban J connectivity index is 2.36. The molecule has 0 bridgehead atoms. The summed E-state index contributed by atoms with van der Waals surface area (Å²) in [5.41, 5.74) is 0. The number of amides is 1. The minimum Gasteiger partial charge on any atom is -0.394 e. The fourth-order valence-electron chi connectivity index (χ4n) is 7.75. The second-order valence-electron chi connectivity index (χ2n) is 17.1. The number of hydrogen-bond acceptors (Lipinski definition) is 9. The average molecular weight is 814 g/mol. The molecule has 10 heteroatoms. The van der Waals surface area contributed by atoms with Crippen LogP contribution in [0.4, 0.5) is 0 Å². The van der Waals surface area contributed by atoms with Crippen LogP contribution in [0.25, 0.3) is 0 Å². The predicted molar refractivity (Wildman–Crippen MR) is 232 cm³/mol. The number of hydrogen-bond donors (Lipinski definition) is 7. The molecule has 57 heavy (non-hydrogen) atoms. The molecule has 0 aromatic carbocycles. The van der Waals surface area contributed by atoms with Crippen molar-refractivity contribution in [3.05, 3.63) is 12.2 Å². The van der Waals surface area contributed by atoms with Gasteiger partial charge >= 0.3 is 0 Å². The molecule has 0 spiro atoms. The fourth-order valence-corrected chi connectivity index (χ4v) is 7.75. The standard InChI is InChI=1S/C47H91NO9/c1-3-5-7-9-11-13-15-17-18-19-20-21-22-24-26-28-30-32-34-36-41(51)46(55)48-39(38-56-47-45(54)44(53)43(52)42(37-49)57-47)40(50)35-33-31-29-27-25-23-16-14-12-10-8-6-4-2/h33,35,39-45,47,49-54H,3-32,34,36-38H2,1-2H3,(H,48,55). The van der Waals surface area contributed by atoms with E-state index in [-0.39, 0.29) is 6.61 Å². The highest BCUT2D eigenvalue weighted by molar-refractivity contribution is 5.80. The molecule has 338 valence electrons. The van der Waals surface area contributed by atoms with Crippen molar-refractivity contribution in [1.82, 2.24) is 5.32 Å². The maximum absolute atomic E-state index is 13.0. The summed E-state index contributed by atoms with van der Waals surface area (Å²) in [6.45, 7) is 3.61. The summed E-state index contributed by atoms with van der Waals surface area (Å²) in [5, 5.41) is 64.7. The van der Waals surface area contributed by atoms with Crippen molar-refractivity contribution in [3.63, 3.8) is 0 Å². The lowest BCUT2D eigenvalue weighted by molar-refractivity contribution is -0.302. The van der Waals surface area contributed by atoms with Crippen LogP contribution in [0.15, 0.2) is 12.2 Å². The molecule has 0 aliphatic carbocycles. The van der Waals surface area contributed by atoms with Crippen molar-refractivity contribution >= 4 is 5.91 Å². The van der Waals surface area contributed by atoms with Gasteiger partial charge in [0.1, 0.15) is 30.5 Å². The number of unbranched alkanes of at least 4 members (excludes halogenated alkanes) is 29. The van der Waals surface area contributed by atoms with E-state index in [9.17, 15) is 35.4 Å². The minimum absolute atomic E-state index is 0.301. The van der Waals surface area contributed by atoms with E-state index in [0.29, 0.717) is 6.42 Å². The Hall–Kier alpha value is -1.11. The third-order valence-electron chi connectivity index (χ3n) is 11.7. The molecule has 10 nitrogen and oxygen atoms in total. The molecule has 1 amide bonds. The van der Waals surface area contributed by atoms with E-state index in [0.717, 1.165) is 44.9 Å². The van der Waals surface area contributed by atoms with Crippen molar-refractivity contribution in [3.8, 4) is 0 Å². The van der Waals surface area contributed by atoms with Gasteiger partial charge in [0.05, 0.1) is 25.4 Å². The quantitative estimate of drug-likeness (QED) is 0.0236. The third kappa shape index (κ3) is 28.1. The Bertz CT molecular complexity index is 921. The first kappa shape index (κ1) is 53.9. The smallest absolute Gasteiger partial charge is 0.249 e. The molecule has 1 aliphatic heterocycles. The van der Waals surface area contributed by atoms with Gasteiger partial charge in [0.25, 0.3) is 0 Å². The van der Waals surface area contributed by atoms with Crippen LogP contribution in [-0.2, 0) is 14.3 Å². The molecule has 1 heterocycles. The van der Waals surface area contributed by atoms with Crippen LogP contribution in [0, 0.1) is 0 Å². The summed E-state index contributed by atoms with van der Waals surface area (Å²) in [7, 11) is 0. The molecule has 7 N–H and O–H groups in total. The highest BCUT2D eigenvalue weighted by atomic mass is 16.7. The van der Waals surface area contributed by atoms with E-state index >= 15 is 0 Å². The topological polar surface area (TPSA) is 169 Å². The van der Waals surface area contributed by atoms with Gasteiger partial charge in [0.15, 0.2) is 6.29 Å². The third-order valence-corrected chi connectivity index (χ3v) is 11.7. The summed E-state index contributed by atoms with van der Waals surface area (Å²) in [5.74, 6) is -0.613. The van der Waals surface area contributed by atoms with Crippen molar-refractivity contribution < 1.29 is 44.9 Å². The molecule has 8 unspecified atom stereocenters. The molecule has 8 atom stereocenters. The van der Waals surface area contributed by atoms with Gasteiger partial charge < -0.3 is 45.4 Å². The summed E-state index contributed by atoms with van der Waals surface area (Å²) < 4.78 is 11.1. The second kappa shape index (κ2) is 37.9. The molecule has 0 radical (unpaired) electrons. The normalized spacial score (nSPS) is 21.6. The monoisotopic (exact) mass is 814 g/mol. The Morgan fingerprint density at radius 1 is 0.596 bits per heavy atom. The lowest BCUT2D eigenvalue weighted by Crippen LogP contribution is -2.60. The summed E-state index contributed by atoms with van der Waals surface area (Å²) in [6, 6.07) is -0.974. The van der Waals surface area contributed by atoms with Crippen LogP contribution < -0.4 is 5.32 Å². The lowest BCUT2D eigenvalue weighted by Gasteiger charge is -2.40. The zero-order valence-corrected chi connectivity index (χ0v) is 36.7. The van der Waals surface area contributed by atoms with Crippen LogP contribution >= 0.6 is 0 Å². The predicted octanol–water partition coefficient (Wildman–Crippen LogP) is 9.09. The van der Waals surface area contributed by atoms with Crippen LogP contribution in [0.3, 0.4) is 0 Å².